The first-order chi connectivity index (χ1) is 11.2. The largest absolute Gasteiger partial charge is 0.378 e. The number of morpholine rings is 1. The summed E-state index contributed by atoms with van der Waals surface area (Å²) in [6, 6.07) is 16.0. The molecule has 1 aliphatic heterocycles. The summed E-state index contributed by atoms with van der Waals surface area (Å²) in [5, 5.41) is 2.97. The highest BCUT2D eigenvalue weighted by atomic mass is 16.5. The number of rotatable bonds is 4. The van der Waals surface area contributed by atoms with Crippen molar-refractivity contribution in [3.63, 3.8) is 0 Å². The molecule has 2 aromatic carbocycles. The van der Waals surface area contributed by atoms with E-state index in [9.17, 15) is 4.79 Å². The van der Waals surface area contributed by atoms with E-state index in [1.54, 1.807) is 0 Å². The quantitative estimate of drug-likeness (QED) is 0.944. The van der Waals surface area contributed by atoms with E-state index in [4.69, 9.17) is 4.74 Å². The first-order valence-electron chi connectivity index (χ1n) is 7.99. The van der Waals surface area contributed by atoms with E-state index in [0.29, 0.717) is 12.1 Å². The number of nitrogens with one attached hydrogen (secondary N) is 1. The molecule has 0 aromatic heterocycles. The van der Waals surface area contributed by atoms with Gasteiger partial charge in [-0.25, -0.2) is 0 Å². The zero-order valence-electron chi connectivity index (χ0n) is 13.4. The Morgan fingerprint density at radius 3 is 2.57 bits per heavy atom. The van der Waals surface area contributed by atoms with E-state index >= 15 is 0 Å². The fourth-order valence-corrected chi connectivity index (χ4v) is 2.72. The van der Waals surface area contributed by atoms with Crippen molar-refractivity contribution in [2.45, 2.75) is 13.5 Å². The van der Waals surface area contributed by atoms with Gasteiger partial charge in [0.2, 0.25) is 0 Å². The normalized spacial score (nSPS) is 14.6. The Morgan fingerprint density at radius 2 is 1.87 bits per heavy atom. The number of benzene rings is 2. The van der Waals surface area contributed by atoms with E-state index in [2.05, 4.69) is 34.5 Å². The van der Waals surface area contributed by atoms with Gasteiger partial charge in [-0.15, -0.1) is 0 Å². The molecule has 0 aliphatic carbocycles. The molecule has 3 rings (SSSR count). The monoisotopic (exact) mass is 310 g/mol. The zero-order chi connectivity index (χ0) is 16.1. The highest BCUT2D eigenvalue weighted by Gasteiger charge is 2.11. The second-order valence-electron chi connectivity index (χ2n) is 5.82. The number of anilines is 1. The molecular formula is C19H22N2O2. The fourth-order valence-electron chi connectivity index (χ4n) is 2.72. The van der Waals surface area contributed by atoms with Gasteiger partial charge in [0.1, 0.15) is 0 Å². The summed E-state index contributed by atoms with van der Waals surface area (Å²) >= 11 is 0. The van der Waals surface area contributed by atoms with Crippen LogP contribution in [-0.2, 0) is 11.3 Å². The van der Waals surface area contributed by atoms with Crippen molar-refractivity contribution < 1.29 is 9.53 Å². The molecule has 0 radical (unpaired) electrons. The van der Waals surface area contributed by atoms with Gasteiger partial charge in [0.05, 0.1) is 13.2 Å². The average molecular weight is 310 g/mol. The van der Waals surface area contributed by atoms with Gasteiger partial charge in [0.15, 0.2) is 0 Å². The fraction of sp³-hybridized carbons (Fsp3) is 0.316. The van der Waals surface area contributed by atoms with E-state index in [0.717, 1.165) is 37.4 Å². The predicted octanol–water partition coefficient (Wildman–Crippen LogP) is 2.76. The van der Waals surface area contributed by atoms with Crippen molar-refractivity contribution in [1.29, 1.82) is 0 Å². The van der Waals surface area contributed by atoms with Crippen LogP contribution in [0.25, 0.3) is 0 Å². The first kappa shape index (κ1) is 15.6. The zero-order valence-corrected chi connectivity index (χ0v) is 13.4. The van der Waals surface area contributed by atoms with Crippen molar-refractivity contribution in [1.82, 2.24) is 5.32 Å². The minimum atomic E-state index is -0.0362. The third-order valence-corrected chi connectivity index (χ3v) is 4.05. The molecule has 1 fully saturated rings. The smallest absolute Gasteiger partial charge is 0.251 e. The maximum atomic E-state index is 12.2. The summed E-state index contributed by atoms with van der Waals surface area (Å²) < 4.78 is 5.37. The number of nitrogens with zero attached hydrogens (tertiary/aromatic N) is 1. The van der Waals surface area contributed by atoms with Gasteiger partial charge in [-0.2, -0.15) is 0 Å². The van der Waals surface area contributed by atoms with Crippen LogP contribution in [-0.4, -0.2) is 32.2 Å². The van der Waals surface area contributed by atoms with Crippen LogP contribution < -0.4 is 10.2 Å². The molecule has 4 nitrogen and oxygen atoms in total. The Balaban J connectivity index is 1.57. The number of carbonyl (C=O) groups excluding carboxylic acids is 1. The first-order valence-corrected chi connectivity index (χ1v) is 7.99. The summed E-state index contributed by atoms with van der Waals surface area (Å²) in [5.41, 5.74) is 4.10. The van der Waals surface area contributed by atoms with Crippen molar-refractivity contribution in [3.8, 4) is 0 Å². The summed E-state index contributed by atoms with van der Waals surface area (Å²) in [4.78, 5) is 14.5. The molecule has 0 bridgehead atoms. The lowest BCUT2D eigenvalue weighted by Crippen LogP contribution is -2.36. The van der Waals surface area contributed by atoms with Crippen LogP contribution >= 0.6 is 0 Å². The van der Waals surface area contributed by atoms with Crippen molar-refractivity contribution >= 4 is 11.6 Å². The van der Waals surface area contributed by atoms with Gasteiger partial charge in [0.25, 0.3) is 5.91 Å². The average Bonchev–Trinajstić information content (AvgIpc) is 2.61. The number of hydrogen-bond acceptors (Lipinski definition) is 3. The molecular weight excluding hydrogens is 288 g/mol. The van der Waals surface area contributed by atoms with Gasteiger partial charge in [-0.1, -0.05) is 29.8 Å². The molecule has 1 aliphatic rings. The van der Waals surface area contributed by atoms with Crippen molar-refractivity contribution in [3.05, 3.63) is 65.2 Å². The SMILES string of the molecule is Cc1cccc(C(=O)NCc2ccc(N3CCOCC3)cc2)c1. The van der Waals surface area contributed by atoms with Gasteiger partial charge < -0.3 is 15.0 Å². The Bertz CT molecular complexity index is 661. The van der Waals surface area contributed by atoms with Crippen LogP contribution in [0.15, 0.2) is 48.5 Å². The van der Waals surface area contributed by atoms with Crippen molar-refractivity contribution in [2.24, 2.45) is 0 Å². The van der Waals surface area contributed by atoms with Gasteiger partial charge >= 0.3 is 0 Å². The van der Waals surface area contributed by atoms with E-state index in [1.807, 2.05) is 31.2 Å². The van der Waals surface area contributed by atoms with Crippen LogP contribution in [0.1, 0.15) is 21.5 Å². The van der Waals surface area contributed by atoms with Crippen LogP contribution in [0.2, 0.25) is 0 Å². The van der Waals surface area contributed by atoms with Crippen LogP contribution in [0.4, 0.5) is 5.69 Å². The van der Waals surface area contributed by atoms with Crippen molar-refractivity contribution in [2.75, 3.05) is 31.2 Å². The lowest BCUT2D eigenvalue weighted by molar-refractivity contribution is 0.0951. The minimum Gasteiger partial charge on any atom is -0.378 e. The lowest BCUT2D eigenvalue weighted by Gasteiger charge is -2.28. The maximum absolute atomic E-state index is 12.2. The van der Waals surface area contributed by atoms with Crippen LogP contribution in [0.3, 0.4) is 0 Å². The highest BCUT2D eigenvalue weighted by Crippen LogP contribution is 2.16. The number of hydrogen-bond donors (Lipinski definition) is 1. The summed E-state index contributed by atoms with van der Waals surface area (Å²) in [5.74, 6) is -0.0362. The minimum absolute atomic E-state index is 0.0362. The highest BCUT2D eigenvalue weighted by molar-refractivity contribution is 5.94. The molecule has 1 N–H and O–H groups in total. The molecule has 23 heavy (non-hydrogen) atoms. The van der Waals surface area contributed by atoms with Crippen LogP contribution in [0, 0.1) is 6.92 Å². The predicted molar refractivity (Wildman–Crippen MR) is 91.8 cm³/mol. The molecule has 120 valence electrons. The molecule has 1 saturated heterocycles. The second kappa shape index (κ2) is 7.29. The number of carbonyl (C=O) groups is 1. The van der Waals surface area contributed by atoms with Gasteiger partial charge in [-0.05, 0) is 36.8 Å². The number of amides is 1. The molecule has 1 heterocycles. The van der Waals surface area contributed by atoms with E-state index in [-0.39, 0.29) is 5.91 Å². The topological polar surface area (TPSA) is 41.6 Å². The van der Waals surface area contributed by atoms with E-state index in [1.165, 1.54) is 5.69 Å². The Hall–Kier alpha value is -2.33. The maximum Gasteiger partial charge on any atom is 0.251 e. The Kier molecular flexibility index (Phi) is 4.93. The molecule has 0 spiro atoms. The van der Waals surface area contributed by atoms with Gasteiger partial charge in [0, 0.05) is 30.9 Å². The molecule has 0 saturated carbocycles. The molecule has 0 atom stereocenters. The van der Waals surface area contributed by atoms with E-state index < -0.39 is 0 Å². The Morgan fingerprint density at radius 1 is 1.13 bits per heavy atom. The summed E-state index contributed by atoms with van der Waals surface area (Å²) in [7, 11) is 0. The summed E-state index contributed by atoms with van der Waals surface area (Å²) in [6.45, 7) is 5.97. The number of aryl methyl sites for hydroxylation is 1. The third kappa shape index (κ3) is 4.11. The molecule has 1 amide bonds. The van der Waals surface area contributed by atoms with Crippen LogP contribution in [0.5, 0.6) is 0 Å². The molecule has 4 heteroatoms. The summed E-state index contributed by atoms with van der Waals surface area (Å²) in [6.07, 6.45) is 0. The standard InChI is InChI=1S/C19H22N2O2/c1-15-3-2-4-17(13-15)19(22)20-14-16-5-7-18(8-6-16)21-9-11-23-12-10-21/h2-8,13H,9-12,14H2,1H3,(H,20,22). The number of ether oxygens (including phenoxy) is 1. The third-order valence-electron chi connectivity index (χ3n) is 4.05. The second-order valence-corrected chi connectivity index (χ2v) is 5.82. The molecule has 2 aromatic rings. The lowest BCUT2D eigenvalue weighted by atomic mass is 10.1. The molecule has 0 unspecified atom stereocenters. The van der Waals surface area contributed by atoms with Gasteiger partial charge in [-0.3, -0.25) is 4.79 Å². The Labute approximate surface area is 137 Å².